The van der Waals surface area contributed by atoms with Crippen molar-refractivity contribution in [2.75, 3.05) is 13.2 Å². The maximum absolute atomic E-state index is 11.4. The zero-order chi connectivity index (χ0) is 10.4. The van der Waals surface area contributed by atoms with E-state index in [2.05, 4.69) is 28.2 Å². The van der Waals surface area contributed by atoms with E-state index < -0.39 is 0 Å². The molecule has 4 heteroatoms. The fraction of sp³-hybridized carbons (Fsp3) is 0.900. The molecular formula is C10H18BrNO2. The van der Waals surface area contributed by atoms with Crippen LogP contribution in [0.25, 0.3) is 0 Å². The second kappa shape index (κ2) is 6.40. The van der Waals surface area contributed by atoms with Crippen molar-refractivity contribution in [2.24, 2.45) is 0 Å². The Labute approximate surface area is 93.7 Å². The molecule has 0 saturated carbocycles. The van der Waals surface area contributed by atoms with Gasteiger partial charge in [-0.2, -0.15) is 0 Å². The number of alkyl halides is 1. The molecule has 1 aliphatic heterocycles. The number of halogens is 1. The lowest BCUT2D eigenvalue weighted by Gasteiger charge is -2.11. The summed E-state index contributed by atoms with van der Waals surface area (Å²) in [6.45, 7) is 3.61. The molecule has 2 unspecified atom stereocenters. The molecule has 1 amide bonds. The van der Waals surface area contributed by atoms with E-state index in [1.165, 1.54) is 0 Å². The van der Waals surface area contributed by atoms with Crippen LogP contribution in [0.3, 0.4) is 0 Å². The highest BCUT2D eigenvalue weighted by Crippen LogP contribution is 2.14. The van der Waals surface area contributed by atoms with Crippen LogP contribution >= 0.6 is 15.9 Å². The Hall–Kier alpha value is -0.0900. The first-order valence-corrected chi connectivity index (χ1v) is 6.16. The molecule has 1 heterocycles. The summed E-state index contributed by atoms with van der Waals surface area (Å²) in [5.41, 5.74) is 0. The summed E-state index contributed by atoms with van der Waals surface area (Å²) in [6, 6.07) is 0. The highest BCUT2D eigenvalue weighted by atomic mass is 79.9. The Kier molecular flexibility index (Phi) is 5.48. The first-order chi connectivity index (χ1) is 6.72. The third-order valence-corrected chi connectivity index (χ3v) is 3.37. The van der Waals surface area contributed by atoms with Crippen molar-refractivity contribution >= 4 is 21.8 Å². The van der Waals surface area contributed by atoms with Crippen molar-refractivity contribution in [1.82, 2.24) is 5.32 Å². The van der Waals surface area contributed by atoms with Crippen molar-refractivity contribution < 1.29 is 9.53 Å². The summed E-state index contributed by atoms with van der Waals surface area (Å²) in [4.78, 5) is 11.8. The van der Waals surface area contributed by atoms with Crippen LogP contribution in [-0.2, 0) is 9.53 Å². The first kappa shape index (κ1) is 12.0. The molecule has 0 aromatic heterocycles. The van der Waals surface area contributed by atoms with Crippen LogP contribution < -0.4 is 5.32 Å². The number of ether oxygens (including phenoxy) is 1. The summed E-state index contributed by atoms with van der Waals surface area (Å²) in [6.07, 6.45) is 3.82. The molecule has 0 aromatic rings. The molecule has 0 radical (unpaired) electrons. The quantitative estimate of drug-likeness (QED) is 0.769. The number of hydrogen-bond acceptors (Lipinski definition) is 2. The van der Waals surface area contributed by atoms with Gasteiger partial charge in [-0.05, 0) is 19.3 Å². The Balaban J connectivity index is 2.09. The summed E-state index contributed by atoms with van der Waals surface area (Å²) in [7, 11) is 0. The highest BCUT2D eigenvalue weighted by molar-refractivity contribution is 9.09. The third kappa shape index (κ3) is 4.42. The molecule has 0 aliphatic carbocycles. The van der Waals surface area contributed by atoms with Gasteiger partial charge in [0.2, 0.25) is 5.91 Å². The van der Waals surface area contributed by atoms with Crippen LogP contribution in [0, 0.1) is 0 Å². The highest BCUT2D eigenvalue weighted by Gasteiger charge is 2.18. The molecule has 0 spiro atoms. The van der Waals surface area contributed by atoms with E-state index in [0.29, 0.717) is 17.8 Å². The summed E-state index contributed by atoms with van der Waals surface area (Å²) in [5.74, 6) is 0.106. The van der Waals surface area contributed by atoms with Gasteiger partial charge in [-0.1, -0.05) is 22.9 Å². The number of nitrogens with one attached hydrogen (secondary N) is 1. The molecule has 82 valence electrons. The zero-order valence-electron chi connectivity index (χ0n) is 8.59. The molecule has 0 bridgehead atoms. The predicted molar refractivity (Wildman–Crippen MR) is 59.6 cm³/mol. The second-order valence-corrected chi connectivity index (χ2v) is 4.94. The average molecular weight is 264 g/mol. The maximum atomic E-state index is 11.4. The Morgan fingerprint density at radius 3 is 3.07 bits per heavy atom. The van der Waals surface area contributed by atoms with E-state index in [0.717, 1.165) is 25.9 Å². The standard InChI is InChI=1S/C10H18BrNO2/c1-2-8(11)7-12-10(13)6-9-4-3-5-14-9/h8-9H,2-7H2,1H3,(H,12,13). The molecule has 2 atom stereocenters. The second-order valence-electron chi connectivity index (χ2n) is 3.65. The lowest BCUT2D eigenvalue weighted by molar-refractivity contribution is -0.123. The van der Waals surface area contributed by atoms with Crippen LogP contribution in [0.2, 0.25) is 0 Å². The lowest BCUT2D eigenvalue weighted by atomic mass is 10.2. The van der Waals surface area contributed by atoms with Gasteiger partial charge < -0.3 is 10.1 Å². The van der Waals surface area contributed by atoms with E-state index in [1.54, 1.807) is 0 Å². The number of amides is 1. The van der Waals surface area contributed by atoms with Crippen LogP contribution in [-0.4, -0.2) is 30.0 Å². The van der Waals surface area contributed by atoms with Crippen LogP contribution in [0.5, 0.6) is 0 Å². The van der Waals surface area contributed by atoms with Gasteiger partial charge in [-0.15, -0.1) is 0 Å². The van der Waals surface area contributed by atoms with E-state index >= 15 is 0 Å². The smallest absolute Gasteiger partial charge is 0.222 e. The Bertz CT molecular complexity index is 181. The number of rotatable bonds is 5. The van der Waals surface area contributed by atoms with Gasteiger partial charge in [-0.25, -0.2) is 0 Å². The normalized spacial score (nSPS) is 23.4. The number of carbonyl (C=O) groups excluding carboxylic acids is 1. The van der Waals surface area contributed by atoms with E-state index in [4.69, 9.17) is 4.74 Å². The Morgan fingerprint density at radius 1 is 1.71 bits per heavy atom. The van der Waals surface area contributed by atoms with E-state index in [-0.39, 0.29) is 12.0 Å². The molecule has 1 saturated heterocycles. The minimum absolute atomic E-state index is 0.106. The molecule has 1 aliphatic rings. The van der Waals surface area contributed by atoms with Gasteiger partial charge in [0.15, 0.2) is 0 Å². The average Bonchev–Trinajstić information content (AvgIpc) is 2.66. The van der Waals surface area contributed by atoms with Gasteiger partial charge in [0, 0.05) is 18.0 Å². The van der Waals surface area contributed by atoms with E-state index in [9.17, 15) is 4.79 Å². The maximum Gasteiger partial charge on any atom is 0.222 e. The van der Waals surface area contributed by atoms with Crippen LogP contribution in [0.1, 0.15) is 32.6 Å². The van der Waals surface area contributed by atoms with Gasteiger partial charge in [-0.3, -0.25) is 4.79 Å². The number of carbonyl (C=O) groups is 1. The predicted octanol–water partition coefficient (Wildman–Crippen LogP) is 1.85. The molecule has 0 aromatic carbocycles. The monoisotopic (exact) mass is 263 g/mol. The largest absolute Gasteiger partial charge is 0.378 e. The minimum atomic E-state index is 0.106. The van der Waals surface area contributed by atoms with Crippen LogP contribution in [0.4, 0.5) is 0 Å². The minimum Gasteiger partial charge on any atom is -0.378 e. The van der Waals surface area contributed by atoms with Crippen LogP contribution in [0.15, 0.2) is 0 Å². The van der Waals surface area contributed by atoms with Gasteiger partial charge in [0.1, 0.15) is 0 Å². The van der Waals surface area contributed by atoms with Crippen molar-refractivity contribution in [3.05, 3.63) is 0 Å². The molecule has 1 fully saturated rings. The van der Waals surface area contributed by atoms with Crippen molar-refractivity contribution in [3.63, 3.8) is 0 Å². The molecular weight excluding hydrogens is 246 g/mol. The topological polar surface area (TPSA) is 38.3 Å². The third-order valence-electron chi connectivity index (χ3n) is 2.40. The van der Waals surface area contributed by atoms with E-state index in [1.807, 2.05) is 0 Å². The molecule has 3 nitrogen and oxygen atoms in total. The van der Waals surface area contributed by atoms with Gasteiger partial charge in [0.25, 0.3) is 0 Å². The SMILES string of the molecule is CCC(Br)CNC(=O)CC1CCCO1. The van der Waals surface area contributed by atoms with Crippen molar-refractivity contribution in [2.45, 2.75) is 43.5 Å². The first-order valence-electron chi connectivity index (χ1n) is 5.24. The Morgan fingerprint density at radius 2 is 2.50 bits per heavy atom. The molecule has 1 N–H and O–H groups in total. The molecule has 1 rings (SSSR count). The van der Waals surface area contributed by atoms with Crippen molar-refractivity contribution in [1.29, 1.82) is 0 Å². The van der Waals surface area contributed by atoms with Gasteiger partial charge in [0.05, 0.1) is 12.5 Å². The summed E-state index contributed by atoms with van der Waals surface area (Å²) in [5, 5.41) is 2.89. The lowest BCUT2D eigenvalue weighted by Crippen LogP contribution is -2.31. The van der Waals surface area contributed by atoms with Crippen molar-refractivity contribution in [3.8, 4) is 0 Å². The fourth-order valence-corrected chi connectivity index (χ4v) is 1.62. The zero-order valence-corrected chi connectivity index (χ0v) is 10.2. The summed E-state index contributed by atoms with van der Waals surface area (Å²) >= 11 is 3.47. The number of hydrogen-bond donors (Lipinski definition) is 1. The fourth-order valence-electron chi connectivity index (χ4n) is 1.45. The molecule has 14 heavy (non-hydrogen) atoms. The van der Waals surface area contributed by atoms with Gasteiger partial charge >= 0.3 is 0 Å². The summed E-state index contributed by atoms with van der Waals surface area (Å²) < 4.78 is 5.38.